The van der Waals surface area contributed by atoms with Crippen LogP contribution >= 0.6 is 0 Å². The molecule has 0 atom stereocenters. The summed E-state index contributed by atoms with van der Waals surface area (Å²) >= 11 is 0. The minimum atomic E-state index is 0.444. The van der Waals surface area contributed by atoms with E-state index in [4.69, 9.17) is 0 Å². The largest absolute Gasteiger partial charge is 0.223 e. The first kappa shape index (κ1) is 11.2. The lowest BCUT2D eigenvalue weighted by molar-refractivity contribution is 0.777. The second-order valence-corrected chi connectivity index (χ2v) is 3.48. The van der Waals surface area contributed by atoms with Gasteiger partial charge in [-0.05, 0) is 18.4 Å². The summed E-state index contributed by atoms with van der Waals surface area (Å²) in [6, 6.07) is 2.19. The van der Waals surface area contributed by atoms with Gasteiger partial charge in [-0.2, -0.15) is 20.1 Å². The van der Waals surface area contributed by atoms with Crippen LogP contribution in [0.1, 0.15) is 30.7 Å². The third-order valence-corrected chi connectivity index (χ3v) is 2.58. The number of hydrogen-bond acceptors (Lipinski definition) is 5. The Morgan fingerprint density at radius 1 is 1.29 bits per heavy atom. The zero-order chi connectivity index (χ0) is 12.3. The van der Waals surface area contributed by atoms with Crippen molar-refractivity contribution in [3.8, 4) is 11.9 Å². The van der Waals surface area contributed by atoms with Crippen molar-refractivity contribution in [3.63, 3.8) is 0 Å². The summed E-state index contributed by atoms with van der Waals surface area (Å²) in [7, 11) is 0. The van der Waals surface area contributed by atoms with Crippen molar-refractivity contribution in [2.24, 2.45) is 0 Å². The van der Waals surface area contributed by atoms with E-state index in [0.29, 0.717) is 11.4 Å². The van der Waals surface area contributed by atoms with Gasteiger partial charge in [0.15, 0.2) is 5.82 Å². The molecular weight excluding hydrogens is 216 g/mol. The molecule has 0 amide bonds. The van der Waals surface area contributed by atoms with Crippen molar-refractivity contribution in [3.05, 3.63) is 29.5 Å². The van der Waals surface area contributed by atoms with E-state index in [1.807, 2.05) is 13.8 Å². The highest BCUT2D eigenvalue weighted by Crippen LogP contribution is 2.18. The summed E-state index contributed by atoms with van der Waals surface area (Å²) in [6.45, 7) is 4.00. The van der Waals surface area contributed by atoms with E-state index in [0.717, 1.165) is 24.1 Å². The minimum Gasteiger partial charge on any atom is -0.223 e. The van der Waals surface area contributed by atoms with Gasteiger partial charge in [0.1, 0.15) is 24.3 Å². The second-order valence-electron chi connectivity index (χ2n) is 3.48. The summed E-state index contributed by atoms with van der Waals surface area (Å²) in [5.41, 5.74) is 2.34. The maximum atomic E-state index is 9.27. The monoisotopic (exact) mass is 228 g/mol. The minimum absolute atomic E-state index is 0.444. The molecule has 2 heterocycles. The van der Waals surface area contributed by atoms with Gasteiger partial charge in [-0.1, -0.05) is 13.8 Å². The molecular formula is C11H12N6. The average Bonchev–Trinajstić information content (AvgIpc) is 2.90. The molecule has 0 N–H and O–H groups in total. The Bertz CT molecular complexity index is 552. The topological polar surface area (TPSA) is 80.3 Å². The zero-order valence-corrected chi connectivity index (χ0v) is 9.75. The predicted octanol–water partition coefficient (Wildman–Crippen LogP) is 1.05. The summed E-state index contributed by atoms with van der Waals surface area (Å²) in [6.07, 6.45) is 4.43. The molecule has 0 fully saturated rings. The zero-order valence-electron chi connectivity index (χ0n) is 9.75. The highest BCUT2D eigenvalue weighted by atomic mass is 15.4. The van der Waals surface area contributed by atoms with E-state index in [1.54, 1.807) is 0 Å². The molecule has 0 unspecified atom stereocenters. The van der Waals surface area contributed by atoms with Crippen LogP contribution in [0.25, 0.3) is 5.82 Å². The Labute approximate surface area is 98.9 Å². The van der Waals surface area contributed by atoms with E-state index in [2.05, 4.69) is 26.3 Å². The number of nitriles is 1. The van der Waals surface area contributed by atoms with Crippen molar-refractivity contribution in [1.82, 2.24) is 25.0 Å². The smallest absolute Gasteiger partial charge is 0.195 e. The molecule has 0 radical (unpaired) electrons. The third kappa shape index (κ3) is 1.87. The van der Waals surface area contributed by atoms with Gasteiger partial charge < -0.3 is 0 Å². The number of aromatic nitrogens is 5. The van der Waals surface area contributed by atoms with E-state index in [9.17, 15) is 5.26 Å². The van der Waals surface area contributed by atoms with E-state index >= 15 is 0 Å². The number of rotatable bonds is 3. The lowest BCUT2D eigenvalue weighted by Gasteiger charge is -2.09. The van der Waals surface area contributed by atoms with Crippen LogP contribution in [-0.2, 0) is 12.8 Å². The van der Waals surface area contributed by atoms with E-state index < -0.39 is 0 Å². The third-order valence-electron chi connectivity index (χ3n) is 2.58. The fourth-order valence-electron chi connectivity index (χ4n) is 1.76. The molecule has 2 aromatic heterocycles. The summed E-state index contributed by atoms with van der Waals surface area (Å²) in [4.78, 5) is 3.85. The van der Waals surface area contributed by atoms with Gasteiger partial charge in [-0.15, -0.1) is 5.10 Å². The molecule has 2 aromatic rings. The standard InChI is InChI=1S/C11H12N6/c1-3-8-9(5-12)11(16-15-10(8)4-2)17-7-13-6-14-17/h6-7H,3-4H2,1-2H3. The van der Waals surface area contributed by atoms with Crippen LogP contribution in [0.15, 0.2) is 12.7 Å². The molecule has 0 aliphatic rings. The van der Waals surface area contributed by atoms with E-state index in [-0.39, 0.29) is 0 Å². The van der Waals surface area contributed by atoms with Crippen molar-refractivity contribution in [2.75, 3.05) is 0 Å². The lowest BCUT2D eigenvalue weighted by atomic mass is 10.0. The van der Waals surface area contributed by atoms with Gasteiger partial charge >= 0.3 is 0 Å². The quantitative estimate of drug-likeness (QED) is 0.784. The fraction of sp³-hybridized carbons (Fsp3) is 0.364. The summed E-state index contributed by atoms with van der Waals surface area (Å²) < 4.78 is 1.46. The maximum absolute atomic E-state index is 9.27. The van der Waals surface area contributed by atoms with Crippen LogP contribution in [0, 0.1) is 11.3 Å². The molecule has 17 heavy (non-hydrogen) atoms. The average molecular weight is 228 g/mol. The van der Waals surface area contributed by atoms with Crippen molar-refractivity contribution in [1.29, 1.82) is 5.26 Å². The summed E-state index contributed by atoms with van der Waals surface area (Å²) in [5, 5.41) is 21.4. The molecule has 0 bridgehead atoms. The second kappa shape index (κ2) is 4.70. The molecule has 0 aromatic carbocycles. The Morgan fingerprint density at radius 3 is 2.65 bits per heavy atom. The van der Waals surface area contributed by atoms with Crippen LogP contribution in [-0.4, -0.2) is 25.0 Å². The highest BCUT2D eigenvalue weighted by molar-refractivity contribution is 5.49. The lowest BCUT2D eigenvalue weighted by Crippen LogP contribution is -2.10. The number of nitrogens with zero attached hydrogens (tertiary/aromatic N) is 6. The van der Waals surface area contributed by atoms with Crippen LogP contribution in [0.4, 0.5) is 0 Å². The van der Waals surface area contributed by atoms with Crippen LogP contribution in [0.2, 0.25) is 0 Å². The van der Waals surface area contributed by atoms with Crippen LogP contribution < -0.4 is 0 Å². The molecule has 0 aliphatic carbocycles. The SMILES string of the molecule is CCc1nnc(-n2cncn2)c(C#N)c1CC. The van der Waals surface area contributed by atoms with Gasteiger partial charge in [0.05, 0.1) is 5.69 Å². The normalized spacial score (nSPS) is 10.2. The van der Waals surface area contributed by atoms with Crippen molar-refractivity contribution < 1.29 is 0 Å². The Balaban J connectivity index is 2.67. The first-order valence-electron chi connectivity index (χ1n) is 5.45. The van der Waals surface area contributed by atoms with Crippen LogP contribution in [0.5, 0.6) is 0 Å². The fourth-order valence-corrected chi connectivity index (χ4v) is 1.76. The molecule has 0 saturated heterocycles. The molecule has 0 spiro atoms. The van der Waals surface area contributed by atoms with E-state index in [1.165, 1.54) is 17.3 Å². The van der Waals surface area contributed by atoms with Crippen molar-refractivity contribution >= 4 is 0 Å². The number of hydrogen-bond donors (Lipinski definition) is 0. The highest BCUT2D eigenvalue weighted by Gasteiger charge is 2.15. The molecule has 2 rings (SSSR count). The van der Waals surface area contributed by atoms with Crippen molar-refractivity contribution in [2.45, 2.75) is 26.7 Å². The molecule has 6 heteroatoms. The van der Waals surface area contributed by atoms with Gasteiger partial charge in [0, 0.05) is 0 Å². The molecule has 6 nitrogen and oxygen atoms in total. The maximum Gasteiger partial charge on any atom is 0.195 e. The molecule has 0 saturated carbocycles. The first-order chi connectivity index (χ1) is 8.31. The molecule has 0 aliphatic heterocycles. The van der Waals surface area contributed by atoms with Crippen LogP contribution in [0.3, 0.4) is 0 Å². The summed E-state index contributed by atoms with van der Waals surface area (Å²) in [5.74, 6) is 0.444. The Kier molecular flexibility index (Phi) is 3.10. The Morgan fingerprint density at radius 2 is 2.12 bits per heavy atom. The predicted molar refractivity (Wildman–Crippen MR) is 60.4 cm³/mol. The Hall–Kier alpha value is -2.29. The first-order valence-corrected chi connectivity index (χ1v) is 5.45. The van der Waals surface area contributed by atoms with Gasteiger partial charge in [-0.3, -0.25) is 0 Å². The number of aryl methyl sites for hydroxylation is 1. The van der Waals surface area contributed by atoms with Gasteiger partial charge in [0.25, 0.3) is 0 Å². The van der Waals surface area contributed by atoms with Gasteiger partial charge in [0.2, 0.25) is 0 Å². The molecule has 86 valence electrons. The van der Waals surface area contributed by atoms with Gasteiger partial charge in [-0.25, -0.2) is 4.98 Å².